The molecule has 10 heavy (non-hydrogen) atoms. The highest BCUT2D eigenvalue weighted by Crippen LogP contribution is 2.20. The van der Waals surface area contributed by atoms with Crippen LogP contribution in [0.4, 0.5) is 4.39 Å². The summed E-state index contributed by atoms with van der Waals surface area (Å²) < 4.78 is 17.8. The molecule has 0 unspecified atom stereocenters. The second kappa shape index (κ2) is 4.67. The van der Waals surface area contributed by atoms with Crippen LogP contribution in [0.1, 0.15) is 27.2 Å². The number of ether oxygens (including phenoxy) is 1. The number of alkyl halides is 1. The molecule has 1 rings (SSSR count). The quantitative estimate of drug-likeness (QED) is 0.584. The molecular weight excluding hydrogens is 131 g/mol. The number of hydrogen-bond acceptors (Lipinski definition) is 1. The minimum absolute atomic E-state index is 0. The summed E-state index contributed by atoms with van der Waals surface area (Å²) in [4.78, 5) is 0. The fourth-order valence-corrected chi connectivity index (χ4v) is 1.17. The van der Waals surface area contributed by atoms with Crippen LogP contribution < -0.4 is 0 Å². The topological polar surface area (TPSA) is 9.23 Å². The summed E-state index contributed by atoms with van der Waals surface area (Å²) in [6.07, 6.45) is 0.913. The molecule has 1 saturated heterocycles. The summed E-state index contributed by atoms with van der Waals surface area (Å²) in [5.41, 5.74) is 0. The Kier molecular flexibility index (Phi) is 4.62. The van der Waals surface area contributed by atoms with E-state index in [-0.39, 0.29) is 13.3 Å². The third-order valence-electron chi connectivity index (χ3n) is 1.87. The number of halogens is 1. The zero-order valence-corrected chi connectivity index (χ0v) is 5.77. The van der Waals surface area contributed by atoms with Crippen LogP contribution in [0.15, 0.2) is 0 Å². The molecule has 62 valence electrons. The van der Waals surface area contributed by atoms with Gasteiger partial charge < -0.3 is 4.74 Å². The zero-order valence-electron chi connectivity index (χ0n) is 5.77. The van der Waals surface area contributed by atoms with E-state index in [0.29, 0.717) is 13.0 Å². The van der Waals surface area contributed by atoms with Crippen LogP contribution in [0.25, 0.3) is 0 Å². The molecule has 1 nitrogen and oxygen atoms in total. The van der Waals surface area contributed by atoms with Gasteiger partial charge in [-0.15, -0.1) is 0 Å². The molecule has 0 N–H and O–H groups in total. The van der Waals surface area contributed by atoms with E-state index in [1.54, 1.807) is 0 Å². The van der Waals surface area contributed by atoms with E-state index in [4.69, 9.17) is 4.74 Å². The largest absolute Gasteiger partial charge is 0.381 e. The first-order chi connectivity index (χ1) is 4.34. The van der Waals surface area contributed by atoms with Crippen molar-refractivity contribution in [3.63, 3.8) is 0 Å². The second-order valence-corrected chi connectivity index (χ2v) is 2.55. The minimum Gasteiger partial charge on any atom is -0.381 e. The van der Waals surface area contributed by atoms with Gasteiger partial charge in [-0.3, -0.25) is 0 Å². The standard InChI is InChI=1S/C7H13FO.CH4/c1-2-7(8)6-3-4-9-5-6;/h6-7H,2-5H2,1H3;1H4/t6-,7+;/m1./s1. The molecular formula is C8H17FO. The Labute approximate surface area is 62.6 Å². The van der Waals surface area contributed by atoms with Gasteiger partial charge in [0.1, 0.15) is 6.17 Å². The lowest BCUT2D eigenvalue weighted by Gasteiger charge is -2.09. The second-order valence-electron chi connectivity index (χ2n) is 2.55. The Morgan fingerprint density at radius 2 is 2.40 bits per heavy atom. The van der Waals surface area contributed by atoms with Crippen molar-refractivity contribution in [1.82, 2.24) is 0 Å². The molecule has 0 bridgehead atoms. The van der Waals surface area contributed by atoms with Gasteiger partial charge >= 0.3 is 0 Å². The van der Waals surface area contributed by atoms with Crippen LogP contribution in [0, 0.1) is 5.92 Å². The van der Waals surface area contributed by atoms with Crippen LogP contribution in [-0.4, -0.2) is 19.4 Å². The fourth-order valence-electron chi connectivity index (χ4n) is 1.17. The molecule has 1 fully saturated rings. The first kappa shape index (κ1) is 9.89. The van der Waals surface area contributed by atoms with Gasteiger partial charge in [-0.25, -0.2) is 4.39 Å². The van der Waals surface area contributed by atoms with E-state index in [2.05, 4.69) is 0 Å². The van der Waals surface area contributed by atoms with Crippen LogP contribution in [0.2, 0.25) is 0 Å². The number of hydrogen-bond donors (Lipinski definition) is 0. The highest BCUT2D eigenvalue weighted by atomic mass is 19.1. The minimum atomic E-state index is -0.632. The summed E-state index contributed by atoms with van der Waals surface area (Å²) in [6, 6.07) is 0. The van der Waals surface area contributed by atoms with Crippen molar-refractivity contribution >= 4 is 0 Å². The van der Waals surface area contributed by atoms with Gasteiger partial charge in [0.2, 0.25) is 0 Å². The van der Waals surface area contributed by atoms with Gasteiger partial charge in [-0.2, -0.15) is 0 Å². The maximum absolute atomic E-state index is 12.8. The van der Waals surface area contributed by atoms with Crippen molar-refractivity contribution in [3.8, 4) is 0 Å². The smallest absolute Gasteiger partial charge is 0.105 e. The van der Waals surface area contributed by atoms with E-state index in [1.165, 1.54) is 0 Å². The normalized spacial score (nSPS) is 27.6. The Morgan fingerprint density at radius 1 is 1.70 bits per heavy atom. The SMILES string of the molecule is C.CC[C@H](F)[C@@H]1CCOC1. The highest BCUT2D eigenvalue weighted by molar-refractivity contribution is 4.71. The lowest BCUT2D eigenvalue weighted by atomic mass is 10.0. The lowest BCUT2D eigenvalue weighted by molar-refractivity contribution is 0.153. The van der Waals surface area contributed by atoms with Crippen LogP contribution in [0.5, 0.6) is 0 Å². The molecule has 0 amide bonds. The van der Waals surface area contributed by atoms with Crippen molar-refractivity contribution in [1.29, 1.82) is 0 Å². The van der Waals surface area contributed by atoms with Crippen LogP contribution >= 0.6 is 0 Å². The molecule has 1 aliphatic heterocycles. The molecule has 0 aromatic heterocycles. The molecule has 0 spiro atoms. The first-order valence-corrected chi connectivity index (χ1v) is 3.56. The van der Waals surface area contributed by atoms with E-state index in [9.17, 15) is 4.39 Å². The van der Waals surface area contributed by atoms with Gasteiger partial charge in [-0.1, -0.05) is 14.4 Å². The summed E-state index contributed by atoms with van der Waals surface area (Å²) in [6.45, 7) is 3.27. The van der Waals surface area contributed by atoms with E-state index < -0.39 is 6.17 Å². The molecule has 0 radical (unpaired) electrons. The maximum atomic E-state index is 12.8. The van der Waals surface area contributed by atoms with Crippen LogP contribution in [0.3, 0.4) is 0 Å². The van der Waals surface area contributed by atoms with Crippen molar-refractivity contribution in [3.05, 3.63) is 0 Å². The van der Waals surface area contributed by atoms with Gasteiger partial charge in [-0.05, 0) is 12.8 Å². The Bertz CT molecular complexity index is 79.3. The average Bonchev–Trinajstić information content (AvgIpc) is 2.37. The molecule has 0 aromatic carbocycles. The van der Waals surface area contributed by atoms with Gasteiger partial charge in [0.25, 0.3) is 0 Å². The van der Waals surface area contributed by atoms with Crippen molar-refractivity contribution in [2.45, 2.75) is 33.4 Å². The van der Waals surface area contributed by atoms with E-state index >= 15 is 0 Å². The van der Waals surface area contributed by atoms with Crippen molar-refractivity contribution in [2.75, 3.05) is 13.2 Å². The molecule has 1 heterocycles. The Balaban J connectivity index is 0.000000810. The average molecular weight is 148 g/mol. The third-order valence-corrected chi connectivity index (χ3v) is 1.87. The summed E-state index contributed by atoms with van der Waals surface area (Å²) in [7, 11) is 0. The lowest BCUT2D eigenvalue weighted by Crippen LogP contribution is -2.14. The third kappa shape index (κ3) is 2.25. The predicted molar refractivity (Wildman–Crippen MR) is 40.8 cm³/mol. The zero-order chi connectivity index (χ0) is 6.69. The Morgan fingerprint density at radius 3 is 2.80 bits per heavy atom. The monoisotopic (exact) mass is 148 g/mol. The molecule has 0 aliphatic carbocycles. The first-order valence-electron chi connectivity index (χ1n) is 3.56. The van der Waals surface area contributed by atoms with Crippen molar-refractivity contribution in [2.24, 2.45) is 5.92 Å². The molecule has 2 atom stereocenters. The number of rotatable bonds is 2. The van der Waals surface area contributed by atoms with Gasteiger partial charge in [0.15, 0.2) is 0 Å². The van der Waals surface area contributed by atoms with E-state index in [0.717, 1.165) is 13.0 Å². The fraction of sp³-hybridized carbons (Fsp3) is 1.00. The molecule has 2 heteroatoms. The summed E-state index contributed by atoms with van der Waals surface area (Å²) >= 11 is 0. The van der Waals surface area contributed by atoms with Gasteiger partial charge in [0, 0.05) is 12.5 Å². The molecule has 0 saturated carbocycles. The van der Waals surface area contributed by atoms with Crippen LogP contribution in [-0.2, 0) is 4.74 Å². The van der Waals surface area contributed by atoms with Gasteiger partial charge in [0.05, 0.1) is 6.61 Å². The predicted octanol–water partition coefficient (Wildman–Crippen LogP) is 2.41. The maximum Gasteiger partial charge on any atom is 0.105 e. The summed E-state index contributed by atoms with van der Waals surface area (Å²) in [5, 5.41) is 0. The molecule has 1 aliphatic rings. The van der Waals surface area contributed by atoms with E-state index in [1.807, 2.05) is 6.92 Å². The Hall–Kier alpha value is -0.110. The van der Waals surface area contributed by atoms with Crippen molar-refractivity contribution < 1.29 is 9.13 Å². The summed E-state index contributed by atoms with van der Waals surface area (Å²) in [5.74, 6) is 0.190. The molecule has 0 aromatic rings. The highest BCUT2D eigenvalue weighted by Gasteiger charge is 2.23.